The van der Waals surface area contributed by atoms with E-state index in [9.17, 15) is 9.59 Å². The van der Waals surface area contributed by atoms with Crippen LogP contribution in [0, 0.1) is 0 Å². The minimum absolute atomic E-state index is 0.0161. The van der Waals surface area contributed by atoms with E-state index in [2.05, 4.69) is 10.2 Å². The Labute approximate surface area is 224 Å². The second kappa shape index (κ2) is 12.9. The third-order valence-corrected chi connectivity index (χ3v) is 7.22. The van der Waals surface area contributed by atoms with Gasteiger partial charge in [0.15, 0.2) is 5.11 Å². The Balaban J connectivity index is 1.47. The summed E-state index contributed by atoms with van der Waals surface area (Å²) in [5, 5.41) is 3.34. The second-order valence-electron chi connectivity index (χ2n) is 9.33. The fraction of sp³-hybridized carbons (Fsp3) is 0.464. The molecule has 2 aromatic rings. The zero-order valence-corrected chi connectivity index (χ0v) is 22.5. The van der Waals surface area contributed by atoms with Gasteiger partial charge < -0.3 is 24.6 Å². The molecule has 37 heavy (non-hydrogen) atoms. The van der Waals surface area contributed by atoms with E-state index >= 15 is 0 Å². The molecule has 0 radical (unpaired) electrons. The van der Waals surface area contributed by atoms with E-state index in [0.29, 0.717) is 35.4 Å². The number of methoxy groups -OCH3 is 1. The van der Waals surface area contributed by atoms with E-state index in [1.807, 2.05) is 36.1 Å². The number of benzene rings is 2. The molecule has 4 rings (SSSR count). The topological polar surface area (TPSA) is 74.3 Å². The number of carbonyl (C=O) groups is 2. The molecule has 198 valence electrons. The normalized spacial score (nSPS) is 18.3. The zero-order valence-electron chi connectivity index (χ0n) is 21.7. The Hall–Kier alpha value is -3.17. The molecule has 8 nitrogen and oxygen atoms in total. The van der Waals surface area contributed by atoms with Gasteiger partial charge in [0.1, 0.15) is 17.5 Å². The first-order valence-electron chi connectivity index (χ1n) is 13.0. The fourth-order valence-corrected chi connectivity index (χ4v) is 5.31. The van der Waals surface area contributed by atoms with E-state index in [-0.39, 0.29) is 18.2 Å². The van der Waals surface area contributed by atoms with Gasteiger partial charge in [0.2, 0.25) is 5.91 Å². The van der Waals surface area contributed by atoms with Gasteiger partial charge in [0, 0.05) is 12.2 Å². The Morgan fingerprint density at radius 2 is 1.68 bits per heavy atom. The van der Waals surface area contributed by atoms with Crippen LogP contribution in [-0.2, 0) is 9.59 Å². The summed E-state index contributed by atoms with van der Waals surface area (Å²) < 4.78 is 10.7. The lowest BCUT2D eigenvalue weighted by Crippen LogP contribution is -2.40. The summed E-state index contributed by atoms with van der Waals surface area (Å²) in [6.07, 6.45) is 4.66. The molecule has 1 atom stereocenters. The maximum Gasteiger partial charge on any atom is 0.256 e. The van der Waals surface area contributed by atoms with Crippen molar-refractivity contribution in [3.05, 3.63) is 48.5 Å². The molecule has 2 aliphatic rings. The van der Waals surface area contributed by atoms with E-state index in [0.717, 1.165) is 31.8 Å². The lowest BCUT2D eigenvalue weighted by molar-refractivity contribution is -0.124. The summed E-state index contributed by atoms with van der Waals surface area (Å²) in [7, 11) is 1.60. The molecular formula is C28H36N4O4S. The molecule has 1 unspecified atom stereocenters. The largest absolute Gasteiger partial charge is 0.497 e. The first-order chi connectivity index (χ1) is 18.0. The predicted molar refractivity (Wildman–Crippen MR) is 149 cm³/mol. The molecule has 0 aliphatic carbocycles. The number of rotatable bonds is 11. The zero-order chi connectivity index (χ0) is 26.2. The number of amides is 2. The van der Waals surface area contributed by atoms with E-state index in [1.54, 1.807) is 36.3 Å². The van der Waals surface area contributed by atoms with Crippen LogP contribution in [-0.4, -0.2) is 72.7 Å². The molecule has 1 N–H and O–H groups in total. The molecule has 9 heteroatoms. The number of hydrogen-bond donors (Lipinski definition) is 1. The summed E-state index contributed by atoms with van der Waals surface area (Å²) in [5.41, 5.74) is 1.33. The van der Waals surface area contributed by atoms with Crippen LogP contribution in [0.4, 0.5) is 11.4 Å². The number of ether oxygens (including phenoxy) is 2. The van der Waals surface area contributed by atoms with Crippen molar-refractivity contribution >= 4 is 40.5 Å². The Morgan fingerprint density at radius 3 is 2.32 bits per heavy atom. The average Bonchev–Trinajstić information content (AvgIpc) is 3.14. The van der Waals surface area contributed by atoms with Gasteiger partial charge in [-0.05, 0) is 107 Å². The highest BCUT2D eigenvalue weighted by atomic mass is 32.1. The van der Waals surface area contributed by atoms with Crippen molar-refractivity contribution in [2.75, 3.05) is 50.1 Å². The third kappa shape index (κ3) is 6.78. The first-order valence-corrected chi connectivity index (χ1v) is 13.4. The van der Waals surface area contributed by atoms with Gasteiger partial charge in [-0.1, -0.05) is 6.42 Å². The van der Waals surface area contributed by atoms with Crippen LogP contribution in [0.25, 0.3) is 0 Å². The molecule has 0 saturated carbocycles. The summed E-state index contributed by atoms with van der Waals surface area (Å²) in [5.74, 6) is 1.02. The fourth-order valence-electron chi connectivity index (χ4n) is 4.89. The molecule has 2 aliphatic heterocycles. The SMILES string of the molecule is CCOc1ccc(N2C(=O)C(CC(=O)Nc3ccc(OC)cc3)N(CCCN3CCCCC3)C2=S)cc1. The highest BCUT2D eigenvalue weighted by molar-refractivity contribution is 7.80. The smallest absolute Gasteiger partial charge is 0.256 e. The number of thiocarbonyl (C=S) groups is 1. The van der Waals surface area contributed by atoms with Gasteiger partial charge in [0.25, 0.3) is 5.91 Å². The van der Waals surface area contributed by atoms with Crippen molar-refractivity contribution in [2.24, 2.45) is 0 Å². The summed E-state index contributed by atoms with van der Waals surface area (Å²) in [4.78, 5) is 32.6. The molecule has 2 saturated heterocycles. The van der Waals surface area contributed by atoms with E-state index in [1.165, 1.54) is 19.3 Å². The Bertz CT molecular complexity index is 1070. The highest BCUT2D eigenvalue weighted by Gasteiger charge is 2.43. The van der Waals surface area contributed by atoms with Crippen molar-refractivity contribution in [1.29, 1.82) is 0 Å². The van der Waals surface area contributed by atoms with Crippen molar-refractivity contribution in [3.63, 3.8) is 0 Å². The molecule has 0 aromatic heterocycles. The molecule has 2 amide bonds. The lowest BCUT2D eigenvalue weighted by Gasteiger charge is -2.28. The summed E-state index contributed by atoms with van der Waals surface area (Å²) >= 11 is 5.80. The minimum Gasteiger partial charge on any atom is -0.497 e. The first kappa shape index (κ1) is 26.9. The molecule has 0 spiro atoms. The van der Waals surface area contributed by atoms with E-state index < -0.39 is 6.04 Å². The van der Waals surface area contributed by atoms with Gasteiger partial charge in [-0.3, -0.25) is 14.5 Å². The van der Waals surface area contributed by atoms with Gasteiger partial charge >= 0.3 is 0 Å². The Kier molecular flexibility index (Phi) is 9.35. The van der Waals surface area contributed by atoms with Crippen LogP contribution in [0.1, 0.15) is 39.0 Å². The van der Waals surface area contributed by atoms with Gasteiger partial charge in [-0.15, -0.1) is 0 Å². The number of piperidine rings is 1. The highest BCUT2D eigenvalue weighted by Crippen LogP contribution is 2.29. The molecular weight excluding hydrogens is 488 g/mol. The maximum absolute atomic E-state index is 13.6. The number of anilines is 2. The minimum atomic E-state index is -0.654. The van der Waals surface area contributed by atoms with E-state index in [4.69, 9.17) is 21.7 Å². The van der Waals surface area contributed by atoms with Gasteiger partial charge in [-0.2, -0.15) is 0 Å². The van der Waals surface area contributed by atoms with Crippen molar-refractivity contribution in [2.45, 2.75) is 45.1 Å². The van der Waals surface area contributed by atoms with Crippen LogP contribution < -0.4 is 19.7 Å². The van der Waals surface area contributed by atoms with Crippen LogP contribution in [0.15, 0.2) is 48.5 Å². The number of likely N-dealkylation sites (tertiary alicyclic amines) is 1. The number of carbonyl (C=O) groups excluding carboxylic acids is 2. The lowest BCUT2D eigenvalue weighted by atomic mass is 10.1. The standard InChI is InChI=1S/C28H36N4O4S/c1-3-36-24-14-10-22(11-15-24)32-27(34)25(20-26(33)29-21-8-12-23(35-2)13-9-21)31(28(32)37)19-7-18-30-16-5-4-6-17-30/h8-15,25H,3-7,16-20H2,1-2H3,(H,29,33). The monoisotopic (exact) mass is 524 g/mol. The molecule has 2 heterocycles. The van der Waals surface area contributed by atoms with Crippen molar-refractivity contribution in [3.8, 4) is 11.5 Å². The van der Waals surface area contributed by atoms with Crippen LogP contribution in [0.5, 0.6) is 11.5 Å². The maximum atomic E-state index is 13.6. The molecule has 2 fully saturated rings. The summed E-state index contributed by atoms with van der Waals surface area (Å²) in [6.45, 7) is 6.31. The average molecular weight is 525 g/mol. The molecule has 0 bridgehead atoms. The Morgan fingerprint density at radius 1 is 1.00 bits per heavy atom. The number of nitrogens with zero attached hydrogens (tertiary/aromatic N) is 3. The van der Waals surface area contributed by atoms with Gasteiger partial charge in [-0.25, -0.2) is 0 Å². The van der Waals surface area contributed by atoms with Crippen molar-refractivity contribution < 1.29 is 19.1 Å². The summed E-state index contributed by atoms with van der Waals surface area (Å²) in [6, 6.07) is 13.8. The number of hydrogen-bond acceptors (Lipinski definition) is 6. The van der Waals surface area contributed by atoms with Crippen LogP contribution in [0.3, 0.4) is 0 Å². The van der Waals surface area contributed by atoms with Crippen LogP contribution in [0.2, 0.25) is 0 Å². The number of nitrogens with one attached hydrogen (secondary N) is 1. The third-order valence-electron chi connectivity index (χ3n) is 6.80. The second-order valence-corrected chi connectivity index (χ2v) is 9.69. The quantitative estimate of drug-likeness (QED) is 0.440. The molecule has 2 aromatic carbocycles. The van der Waals surface area contributed by atoms with Crippen LogP contribution >= 0.6 is 12.2 Å². The van der Waals surface area contributed by atoms with Crippen molar-refractivity contribution in [1.82, 2.24) is 9.80 Å². The predicted octanol–water partition coefficient (Wildman–Crippen LogP) is 4.30. The van der Waals surface area contributed by atoms with Gasteiger partial charge in [0.05, 0.1) is 25.8 Å².